The molecule has 1 unspecified atom stereocenters. The molecule has 0 aliphatic heterocycles. The number of nitrogens with one attached hydrogen (secondary N) is 1. The first-order chi connectivity index (χ1) is 11.0. The third-order valence-electron chi connectivity index (χ3n) is 3.58. The molecule has 0 heterocycles. The zero-order valence-corrected chi connectivity index (χ0v) is 13.1. The van der Waals surface area contributed by atoms with Gasteiger partial charge >= 0.3 is 0 Å². The summed E-state index contributed by atoms with van der Waals surface area (Å²) in [5.74, 6) is -0.992. The predicted octanol–water partition coefficient (Wildman–Crippen LogP) is 3.37. The Morgan fingerprint density at radius 3 is 2.43 bits per heavy atom. The van der Waals surface area contributed by atoms with Gasteiger partial charge in [0.05, 0.1) is 6.04 Å². The molecule has 0 aliphatic carbocycles. The molecule has 2 aromatic carbocycles. The Hall–Kier alpha value is -2.69. The SMILES string of the molecule is CC(=O)N(CC(=O)Nc1cccc(F)c1)C(C)c1ccccc1. The second-order valence-corrected chi connectivity index (χ2v) is 5.29. The van der Waals surface area contributed by atoms with Gasteiger partial charge in [0.2, 0.25) is 11.8 Å². The molecule has 0 aliphatic rings. The van der Waals surface area contributed by atoms with E-state index in [1.807, 2.05) is 37.3 Å². The molecule has 0 fully saturated rings. The van der Waals surface area contributed by atoms with Crippen molar-refractivity contribution in [3.63, 3.8) is 0 Å². The van der Waals surface area contributed by atoms with Gasteiger partial charge in [0.25, 0.3) is 0 Å². The molecule has 4 nitrogen and oxygen atoms in total. The summed E-state index contributed by atoms with van der Waals surface area (Å²) in [6.45, 7) is 3.20. The minimum Gasteiger partial charge on any atom is -0.327 e. The molecule has 2 aromatic rings. The highest BCUT2D eigenvalue weighted by Crippen LogP contribution is 2.20. The quantitative estimate of drug-likeness (QED) is 0.920. The standard InChI is InChI=1S/C18H19FN2O2/c1-13(15-7-4-3-5-8-15)21(14(2)22)12-18(23)20-17-10-6-9-16(19)11-17/h3-11,13H,12H2,1-2H3,(H,20,23). The normalized spacial score (nSPS) is 11.6. The predicted molar refractivity (Wildman–Crippen MR) is 87.3 cm³/mol. The van der Waals surface area contributed by atoms with E-state index in [0.717, 1.165) is 5.56 Å². The average Bonchev–Trinajstić information content (AvgIpc) is 2.52. The Morgan fingerprint density at radius 2 is 1.83 bits per heavy atom. The summed E-state index contributed by atoms with van der Waals surface area (Å²) in [4.78, 5) is 25.5. The van der Waals surface area contributed by atoms with E-state index in [1.165, 1.54) is 30.0 Å². The lowest BCUT2D eigenvalue weighted by Gasteiger charge is -2.28. The fourth-order valence-corrected chi connectivity index (χ4v) is 2.35. The zero-order valence-electron chi connectivity index (χ0n) is 13.1. The number of halogens is 1. The monoisotopic (exact) mass is 314 g/mol. The summed E-state index contributed by atoms with van der Waals surface area (Å²) in [6.07, 6.45) is 0. The van der Waals surface area contributed by atoms with Gasteiger partial charge in [0.15, 0.2) is 0 Å². The first-order valence-electron chi connectivity index (χ1n) is 7.35. The second kappa shape index (κ2) is 7.54. The van der Waals surface area contributed by atoms with Gasteiger partial charge in [-0.15, -0.1) is 0 Å². The van der Waals surface area contributed by atoms with E-state index in [0.29, 0.717) is 5.69 Å². The molecule has 2 amide bonds. The van der Waals surface area contributed by atoms with Crippen LogP contribution in [0.25, 0.3) is 0 Å². The van der Waals surface area contributed by atoms with Gasteiger partial charge in [0.1, 0.15) is 12.4 Å². The maximum Gasteiger partial charge on any atom is 0.244 e. The average molecular weight is 314 g/mol. The first kappa shape index (κ1) is 16.7. The highest BCUT2D eigenvalue weighted by atomic mass is 19.1. The fourth-order valence-electron chi connectivity index (χ4n) is 2.35. The molecule has 23 heavy (non-hydrogen) atoms. The van der Waals surface area contributed by atoms with E-state index in [-0.39, 0.29) is 24.4 Å². The molecule has 2 rings (SSSR count). The number of nitrogens with zero attached hydrogens (tertiary/aromatic N) is 1. The molecule has 0 radical (unpaired) electrons. The van der Waals surface area contributed by atoms with Gasteiger partial charge in [-0.3, -0.25) is 9.59 Å². The van der Waals surface area contributed by atoms with E-state index in [4.69, 9.17) is 0 Å². The van der Waals surface area contributed by atoms with Gasteiger partial charge < -0.3 is 10.2 Å². The van der Waals surface area contributed by atoms with E-state index in [9.17, 15) is 14.0 Å². The van der Waals surface area contributed by atoms with Crippen molar-refractivity contribution >= 4 is 17.5 Å². The summed E-state index contributed by atoms with van der Waals surface area (Å²) in [5, 5.41) is 2.60. The van der Waals surface area contributed by atoms with Crippen LogP contribution in [0, 0.1) is 5.82 Å². The van der Waals surface area contributed by atoms with Crippen LogP contribution in [0.1, 0.15) is 25.5 Å². The van der Waals surface area contributed by atoms with Crippen LogP contribution in [-0.4, -0.2) is 23.3 Å². The smallest absolute Gasteiger partial charge is 0.244 e. The van der Waals surface area contributed by atoms with Crippen LogP contribution in [-0.2, 0) is 9.59 Å². The summed E-state index contributed by atoms with van der Waals surface area (Å²) in [5.41, 5.74) is 1.31. The molecule has 0 bridgehead atoms. The van der Waals surface area contributed by atoms with E-state index in [1.54, 1.807) is 6.07 Å². The van der Waals surface area contributed by atoms with Crippen LogP contribution in [0.2, 0.25) is 0 Å². The minimum atomic E-state index is -0.427. The lowest BCUT2D eigenvalue weighted by Crippen LogP contribution is -2.38. The Kier molecular flexibility index (Phi) is 5.46. The number of carbonyl (C=O) groups is 2. The highest BCUT2D eigenvalue weighted by Gasteiger charge is 2.21. The largest absolute Gasteiger partial charge is 0.327 e. The number of hydrogen-bond donors (Lipinski definition) is 1. The van der Waals surface area contributed by atoms with Crippen molar-refractivity contribution in [2.45, 2.75) is 19.9 Å². The number of anilines is 1. The van der Waals surface area contributed by atoms with Crippen molar-refractivity contribution < 1.29 is 14.0 Å². The first-order valence-corrected chi connectivity index (χ1v) is 7.35. The number of rotatable bonds is 5. The van der Waals surface area contributed by atoms with Gasteiger partial charge in [-0.1, -0.05) is 36.4 Å². The van der Waals surface area contributed by atoms with E-state index >= 15 is 0 Å². The van der Waals surface area contributed by atoms with Crippen LogP contribution in [0.4, 0.5) is 10.1 Å². The topological polar surface area (TPSA) is 49.4 Å². The van der Waals surface area contributed by atoms with Crippen LogP contribution in [0.5, 0.6) is 0 Å². The Morgan fingerprint density at radius 1 is 1.13 bits per heavy atom. The summed E-state index contributed by atoms with van der Waals surface area (Å²) < 4.78 is 13.1. The van der Waals surface area contributed by atoms with Crippen molar-refractivity contribution in [3.05, 3.63) is 66.0 Å². The second-order valence-electron chi connectivity index (χ2n) is 5.29. The fraction of sp³-hybridized carbons (Fsp3) is 0.222. The maximum absolute atomic E-state index is 13.1. The molecule has 0 spiro atoms. The lowest BCUT2D eigenvalue weighted by molar-refractivity contribution is -0.134. The van der Waals surface area contributed by atoms with Crippen molar-refractivity contribution in [1.82, 2.24) is 4.90 Å². The molecular formula is C18H19FN2O2. The van der Waals surface area contributed by atoms with E-state index < -0.39 is 5.82 Å². The summed E-state index contributed by atoms with van der Waals surface area (Å²) >= 11 is 0. The van der Waals surface area contributed by atoms with Gasteiger partial charge in [-0.2, -0.15) is 0 Å². The molecule has 0 saturated heterocycles. The van der Waals surface area contributed by atoms with Crippen LogP contribution in [0.15, 0.2) is 54.6 Å². The highest BCUT2D eigenvalue weighted by molar-refractivity contribution is 5.94. The van der Waals surface area contributed by atoms with Crippen molar-refractivity contribution in [2.75, 3.05) is 11.9 Å². The van der Waals surface area contributed by atoms with Crippen molar-refractivity contribution in [1.29, 1.82) is 0 Å². The molecule has 1 N–H and O–H groups in total. The summed E-state index contributed by atoms with van der Waals surface area (Å²) in [7, 11) is 0. The number of amides is 2. The molecule has 5 heteroatoms. The van der Waals surface area contributed by atoms with E-state index in [2.05, 4.69) is 5.32 Å². The lowest BCUT2D eigenvalue weighted by atomic mass is 10.1. The minimum absolute atomic E-state index is 0.0953. The van der Waals surface area contributed by atoms with Gasteiger partial charge in [-0.05, 0) is 30.7 Å². The molecular weight excluding hydrogens is 295 g/mol. The van der Waals surface area contributed by atoms with Crippen molar-refractivity contribution in [2.24, 2.45) is 0 Å². The third-order valence-corrected chi connectivity index (χ3v) is 3.58. The van der Waals surface area contributed by atoms with Crippen LogP contribution >= 0.6 is 0 Å². The Balaban J connectivity index is 2.07. The molecule has 1 atom stereocenters. The number of benzene rings is 2. The molecule has 0 saturated carbocycles. The van der Waals surface area contributed by atoms with Gasteiger partial charge in [-0.25, -0.2) is 4.39 Å². The van der Waals surface area contributed by atoms with Gasteiger partial charge in [0, 0.05) is 12.6 Å². The summed E-state index contributed by atoms with van der Waals surface area (Å²) in [6, 6.07) is 14.9. The maximum atomic E-state index is 13.1. The van der Waals surface area contributed by atoms with Crippen molar-refractivity contribution in [3.8, 4) is 0 Å². The Labute approximate surface area is 134 Å². The molecule has 120 valence electrons. The third kappa shape index (κ3) is 4.64. The van der Waals surface area contributed by atoms with Crippen LogP contribution < -0.4 is 5.32 Å². The van der Waals surface area contributed by atoms with Crippen LogP contribution in [0.3, 0.4) is 0 Å². The zero-order chi connectivity index (χ0) is 16.8. The number of carbonyl (C=O) groups excluding carboxylic acids is 2. The number of hydrogen-bond acceptors (Lipinski definition) is 2. The Bertz CT molecular complexity index is 688. The molecule has 0 aromatic heterocycles.